The summed E-state index contributed by atoms with van der Waals surface area (Å²) >= 11 is 0. The maximum absolute atomic E-state index is 11.8. The predicted molar refractivity (Wildman–Crippen MR) is 71.0 cm³/mol. The number of piperidine rings is 1. The molecule has 6 heteroatoms. The molecule has 3 N–H and O–H groups in total. The van der Waals surface area contributed by atoms with Crippen molar-refractivity contribution in [1.29, 1.82) is 0 Å². The monoisotopic (exact) mass is 263 g/mol. The first kappa shape index (κ1) is 13.4. The zero-order chi connectivity index (χ0) is 13.7. The van der Waals surface area contributed by atoms with Crippen molar-refractivity contribution in [2.45, 2.75) is 19.3 Å². The lowest BCUT2D eigenvalue weighted by Crippen LogP contribution is -2.46. The number of anilines is 1. The topological polar surface area (TPSA) is 81.7 Å². The standard InChI is InChI=1S/C13H17N3O3/c17-12(18)10-6-2-3-7-11(10)14-13(19)15-16-8-4-1-5-9-16/h2-3,6-7H,1,4-5,8-9H2,(H,17,18)(H2,14,15,19). The van der Waals surface area contributed by atoms with Crippen LogP contribution in [0.25, 0.3) is 0 Å². The Labute approximate surface area is 111 Å². The summed E-state index contributed by atoms with van der Waals surface area (Å²) in [4.78, 5) is 22.8. The smallest absolute Gasteiger partial charge is 0.337 e. The molecule has 2 rings (SSSR count). The van der Waals surface area contributed by atoms with Gasteiger partial charge in [-0.15, -0.1) is 0 Å². The summed E-state index contributed by atoms with van der Waals surface area (Å²) < 4.78 is 0. The van der Waals surface area contributed by atoms with Crippen LogP contribution < -0.4 is 10.7 Å². The van der Waals surface area contributed by atoms with Crippen LogP contribution >= 0.6 is 0 Å². The van der Waals surface area contributed by atoms with Crippen LogP contribution in [0.5, 0.6) is 0 Å². The van der Waals surface area contributed by atoms with Gasteiger partial charge >= 0.3 is 12.0 Å². The number of para-hydroxylation sites is 1. The largest absolute Gasteiger partial charge is 0.478 e. The van der Waals surface area contributed by atoms with Crippen molar-refractivity contribution in [3.05, 3.63) is 29.8 Å². The molecule has 0 aromatic heterocycles. The fraction of sp³-hybridized carbons (Fsp3) is 0.385. The van der Waals surface area contributed by atoms with E-state index in [1.54, 1.807) is 18.2 Å². The van der Waals surface area contributed by atoms with Crippen LogP contribution in [0, 0.1) is 0 Å². The van der Waals surface area contributed by atoms with Gasteiger partial charge in [0, 0.05) is 13.1 Å². The fourth-order valence-electron chi connectivity index (χ4n) is 2.08. The zero-order valence-electron chi connectivity index (χ0n) is 10.6. The molecule has 0 radical (unpaired) electrons. The third kappa shape index (κ3) is 3.69. The fourth-order valence-corrected chi connectivity index (χ4v) is 2.08. The van der Waals surface area contributed by atoms with Crippen molar-refractivity contribution in [3.63, 3.8) is 0 Å². The molecule has 1 aromatic rings. The molecule has 1 aliphatic heterocycles. The number of hydrogen-bond donors (Lipinski definition) is 3. The Morgan fingerprint density at radius 1 is 1.11 bits per heavy atom. The Morgan fingerprint density at radius 2 is 1.79 bits per heavy atom. The van der Waals surface area contributed by atoms with E-state index in [2.05, 4.69) is 10.7 Å². The number of carbonyl (C=O) groups is 2. The van der Waals surface area contributed by atoms with Crippen LogP contribution in [0.4, 0.5) is 10.5 Å². The first-order valence-corrected chi connectivity index (χ1v) is 6.32. The van der Waals surface area contributed by atoms with Crippen LogP contribution in [-0.4, -0.2) is 35.2 Å². The molecule has 0 aliphatic carbocycles. The Bertz CT molecular complexity index is 470. The summed E-state index contributed by atoms with van der Waals surface area (Å²) in [6, 6.07) is 5.92. The van der Waals surface area contributed by atoms with Gasteiger partial charge in [-0.05, 0) is 25.0 Å². The first-order valence-electron chi connectivity index (χ1n) is 6.32. The van der Waals surface area contributed by atoms with Gasteiger partial charge in [-0.3, -0.25) is 5.43 Å². The maximum Gasteiger partial charge on any atom is 0.337 e. The Hall–Kier alpha value is -2.08. The van der Waals surface area contributed by atoms with E-state index in [1.165, 1.54) is 12.5 Å². The maximum atomic E-state index is 11.8. The van der Waals surface area contributed by atoms with E-state index in [1.807, 2.05) is 5.01 Å². The van der Waals surface area contributed by atoms with Crippen molar-refractivity contribution >= 4 is 17.7 Å². The molecule has 0 atom stereocenters. The average Bonchev–Trinajstić information content (AvgIpc) is 2.40. The van der Waals surface area contributed by atoms with Crippen molar-refractivity contribution in [2.75, 3.05) is 18.4 Å². The van der Waals surface area contributed by atoms with Gasteiger partial charge in [-0.2, -0.15) is 0 Å². The van der Waals surface area contributed by atoms with Gasteiger partial charge in [-0.1, -0.05) is 18.6 Å². The summed E-state index contributed by atoms with van der Waals surface area (Å²) in [5, 5.41) is 13.4. The molecular formula is C13H17N3O3. The van der Waals surface area contributed by atoms with Gasteiger partial charge in [0.1, 0.15) is 0 Å². The molecule has 1 saturated heterocycles. The number of nitrogens with one attached hydrogen (secondary N) is 2. The molecule has 1 aliphatic rings. The van der Waals surface area contributed by atoms with Crippen LogP contribution in [-0.2, 0) is 0 Å². The van der Waals surface area contributed by atoms with E-state index >= 15 is 0 Å². The second-order valence-corrected chi connectivity index (χ2v) is 4.46. The normalized spacial score (nSPS) is 15.8. The van der Waals surface area contributed by atoms with E-state index in [0.29, 0.717) is 5.69 Å². The van der Waals surface area contributed by atoms with E-state index in [0.717, 1.165) is 25.9 Å². The Kier molecular flexibility index (Phi) is 4.35. The number of rotatable bonds is 3. The highest BCUT2D eigenvalue weighted by Gasteiger charge is 2.15. The molecule has 19 heavy (non-hydrogen) atoms. The molecule has 1 fully saturated rings. The zero-order valence-corrected chi connectivity index (χ0v) is 10.6. The summed E-state index contributed by atoms with van der Waals surface area (Å²) in [5.74, 6) is -1.06. The van der Waals surface area contributed by atoms with Crippen molar-refractivity contribution in [3.8, 4) is 0 Å². The number of urea groups is 1. The quantitative estimate of drug-likeness (QED) is 0.778. The van der Waals surface area contributed by atoms with Gasteiger partial charge in [0.15, 0.2) is 0 Å². The first-order chi connectivity index (χ1) is 9.16. The van der Waals surface area contributed by atoms with Crippen molar-refractivity contribution in [1.82, 2.24) is 10.4 Å². The Morgan fingerprint density at radius 3 is 2.47 bits per heavy atom. The number of benzene rings is 1. The molecule has 0 unspecified atom stereocenters. The second-order valence-electron chi connectivity index (χ2n) is 4.46. The van der Waals surface area contributed by atoms with Crippen LogP contribution in [0.3, 0.4) is 0 Å². The number of carboxylic acid groups (broad SMARTS) is 1. The van der Waals surface area contributed by atoms with Crippen LogP contribution in [0.1, 0.15) is 29.6 Å². The highest BCUT2D eigenvalue weighted by Crippen LogP contribution is 2.14. The van der Waals surface area contributed by atoms with Gasteiger partial charge in [-0.25, -0.2) is 14.6 Å². The van der Waals surface area contributed by atoms with Crippen LogP contribution in [0.2, 0.25) is 0 Å². The molecule has 2 amide bonds. The van der Waals surface area contributed by atoms with E-state index in [-0.39, 0.29) is 5.56 Å². The third-order valence-corrected chi connectivity index (χ3v) is 3.02. The van der Waals surface area contributed by atoms with E-state index < -0.39 is 12.0 Å². The van der Waals surface area contributed by atoms with Crippen molar-refractivity contribution in [2.24, 2.45) is 0 Å². The van der Waals surface area contributed by atoms with E-state index in [9.17, 15) is 9.59 Å². The average molecular weight is 263 g/mol. The molecule has 0 bridgehead atoms. The highest BCUT2D eigenvalue weighted by atomic mass is 16.4. The summed E-state index contributed by atoms with van der Waals surface area (Å²) in [5.41, 5.74) is 3.10. The minimum atomic E-state index is -1.06. The van der Waals surface area contributed by atoms with Gasteiger partial charge in [0.25, 0.3) is 0 Å². The molecule has 1 heterocycles. The minimum Gasteiger partial charge on any atom is -0.478 e. The summed E-state index contributed by atoms with van der Waals surface area (Å²) in [6.07, 6.45) is 3.31. The van der Waals surface area contributed by atoms with Gasteiger partial charge in [0.2, 0.25) is 0 Å². The highest BCUT2D eigenvalue weighted by molar-refractivity contribution is 5.99. The number of carbonyl (C=O) groups excluding carboxylic acids is 1. The molecule has 0 spiro atoms. The number of aromatic carboxylic acids is 1. The molecule has 1 aromatic carbocycles. The van der Waals surface area contributed by atoms with Crippen molar-refractivity contribution < 1.29 is 14.7 Å². The third-order valence-electron chi connectivity index (χ3n) is 3.02. The molecular weight excluding hydrogens is 246 g/mol. The number of hydrogen-bond acceptors (Lipinski definition) is 3. The lowest BCUT2D eigenvalue weighted by molar-refractivity contribution is 0.0698. The number of carboxylic acids is 1. The lowest BCUT2D eigenvalue weighted by Gasteiger charge is -2.26. The molecule has 6 nitrogen and oxygen atoms in total. The summed E-state index contributed by atoms with van der Waals surface area (Å²) in [7, 11) is 0. The number of amides is 2. The molecule has 0 saturated carbocycles. The van der Waals surface area contributed by atoms with Gasteiger partial charge in [0.05, 0.1) is 11.3 Å². The van der Waals surface area contributed by atoms with Crippen LogP contribution in [0.15, 0.2) is 24.3 Å². The van der Waals surface area contributed by atoms with E-state index in [4.69, 9.17) is 5.11 Å². The molecule has 102 valence electrons. The minimum absolute atomic E-state index is 0.0799. The summed E-state index contributed by atoms with van der Waals surface area (Å²) in [6.45, 7) is 1.65. The SMILES string of the molecule is O=C(Nc1ccccc1C(=O)O)NN1CCCCC1. The van der Waals surface area contributed by atoms with Gasteiger partial charge < -0.3 is 10.4 Å². The predicted octanol–water partition coefficient (Wildman–Crippen LogP) is 1.91. The Balaban J connectivity index is 1.96. The number of hydrazine groups is 1. The lowest BCUT2D eigenvalue weighted by atomic mass is 10.2. The second kappa shape index (κ2) is 6.19. The number of nitrogens with zero attached hydrogens (tertiary/aromatic N) is 1.